The lowest BCUT2D eigenvalue weighted by Crippen LogP contribution is -2.33. The van der Waals surface area contributed by atoms with Gasteiger partial charge < -0.3 is 15.5 Å². The lowest BCUT2D eigenvalue weighted by Gasteiger charge is -2.20. The molecule has 0 aromatic heterocycles. The van der Waals surface area contributed by atoms with Crippen molar-refractivity contribution in [3.05, 3.63) is 35.4 Å². The Morgan fingerprint density at radius 2 is 2.05 bits per heavy atom. The minimum absolute atomic E-state index is 0.568. The quantitative estimate of drug-likeness (QED) is 0.800. The fourth-order valence-corrected chi connectivity index (χ4v) is 2.98. The summed E-state index contributed by atoms with van der Waals surface area (Å²) in [6.07, 6.45) is 3.90. The summed E-state index contributed by atoms with van der Waals surface area (Å²) in [4.78, 5) is 2.23. The molecule has 3 heteroatoms. The molecule has 112 valence electrons. The number of rotatable bonds is 7. The predicted molar refractivity (Wildman–Crippen MR) is 85.8 cm³/mol. The molecule has 0 saturated carbocycles. The van der Waals surface area contributed by atoms with Gasteiger partial charge in [-0.25, -0.2) is 0 Å². The zero-order valence-electron chi connectivity index (χ0n) is 13.2. The van der Waals surface area contributed by atoms with Crippen LogP contribution in [0.25, 0.3) is 0 Å². The predicted octanol–water partition coefficient (Wildman–Crippen LogP) is 2.37. The van der Waals surface area contributed by atoms with Crippen molar-refractivity contribution in [3.8, 4) is 0 Å². The van der Waals surface area contributed by atoms with Crippen molar-refractivity contribution in [1.82, 2.24) is 15.5 Å². The molecule has 1 aromatic carbocycles. The van der Waals surface area contributed by atoms with Gasteiger partial charge in [-0.05, 0) is 58.0 Å². The van der Waals surface area contributed by atoms with E-state index >= 15 is 0 Å². The molecule has 0 amide bonds. The van der Waals surface area contributed by atoms with E-state index in [9.17, 15) is 0 Å². The van der Waals surface area contributed by atoms with Crippen LogP contribution in [0.4, 0.5) is 0 Å². The molecule has 1 aliphatic rings. The van der Waals surface area contributed by atoms with Gasteiger partial charge in [0.1, 0.15) is 0 Å². The molecule has 1 saturated heterocycles. The maximum Gasteiger partial charge on any atom is 0.0230 e. The summed E-state index contributed by atoms with van der Waals surface area (Å²) in [5.74, 6) is 0. The van der Waals surface area contributed by atoms with E-state index in [1.165, 1.54) is 36.9 Å². The second-order valence-corrected chi connectivity index (χ2v) is 6.32. The minimum atomic E-state index is 0.568. The van der Waals surface area contributed by atoms with E-state index in [1.807, 2.05) is 0 Å². The number of nitrogens with zero attached hydrogens (tertiary/aromatic N) is 1. The Labute approximate surface area is 123 Å². The molecular formula is C17H29N3. The lowest BCUT2D eigenvalue weighted by molar-refractivity contribution is 0.398. The van der Waals surface area contributed by atoms with Crippen LogP contribution in [0.15, 0.2) is 24.3 Å². The molecule has 1 aromatic rings. The average molecular weight is 275 g/mol. The fourth-order valence-electron chi connectivity index (χ4n) is 2.98. The third-order valence-electron chi connectivity index (χ3n) is 4.05. The highest BCUT2D eigenvalue weighted by Gasteiger charge is 2.16. The molecule has 1 heterocycles. The Bertz CT molecular complexity index is 397. The van der Waals surface area contributed by atoms with E-state index in [0.29, 0.717) is 6.04 Å². The normalized spacial score (nSPS) is 20.5. The second-order valence-electron chi connectivity index (χ2n) is 6.32. The highest BCUT2D eigenvalue weighted by atomic mass is 15.0. The first-order chi connectivity index (χ1) is 9.65. The van der Waals surface area contributed by atoms with Gasteiger partial charge in [-0.15, -0.1) is 0 Å². The van der Waals surface area contributed by atoms with Crippen LogP contribution in [-0.2, 0) is 13.1 Å². The fraction of sp³-hybridized carbons (Fsp3) is 0.647. The van der Waals surface area contributed by atoms with Gasteiger partial charge in [-0.3, -0.25) is 0 Å². The van der Waals surface area contributed by atoms with Gasteiger partial charge in [0.05, 0.1) is 0 Å². The molecule has 0 spiro atoms. The van der Waals surface area contributed by atoms with Gasteiger partial charge >= 0.3 is 0 Å². The van der Waals surface area contributed by atoms with Crippen LogP contribution in [0.5, 0.6) is 0 Å². The van der Waals surface area contributed by atoms with Gasteiger partial charge in [-0.2, -0.15) is 0 Å². The first-order valence-corrected chi connectivity index (χ1v) is 7.83. The first-order valence-electron chi connectivity index (χ1n) is 7.83. The molecule has 2 atom stereocenters. The summed E-state index contributed by atoms with van der Waals surface area (Å²) < 4.78 is 0. The van der Waals surface area contributed by atoms with Gasteiger partial charge in [0, 0.05) is 25.2 Å². The zero-order valence-corrected chi connectivity index (χ0v) is 13.2. The molecule has 0 aliphatic carbocycles. The Hall–Kier alpha value is -0.900. The number of nitrogens with one attached hydrogen (secondary N) is 2. The largest absolute Gasteiger partial charge is 0.314 e. The van der Waals surface area contributed by atoms with Gasteiger partial charge in [0.15, 0.2) is 0 Å². The van der Waals surface area contributed by atoms with Gasteiger partial charge in [0.25, 0.3) is 0 Å². The molecule has 0 bridgehead atoms. The van der Waals surface area contributed by atoms with Crippen LogP contribution in [0.3, 0.4) is 0 Å². The van der Waals surface area contributed by atoms with E-state index in [0.717, 1.165) is 19.1 Å². The zero-order chi connectivity index (χ0) is 14.4. The summed E-state index contributed by atoms with van der Waals surface area (Å²) in [5.41, 5.74) is 2.85. The van der Waals surface area contributed by atoms with Gasteiger partial charge in [0.2, 0.25) is 0 Å². The van der Waals surface area contributed by atoms with Crippen molar-refractivity contribution < 1.29 is 0 Å². The summed E-state index contributed by atoms with van der Waals surface area (Å²) in [5, 5.41) is 7.26. The van der Waals surface area contributed by atoms with Crippen molar-refractivity contribution in [2.45, 2.75) is 51.4 Å². The molecular weight excluding hydrogens is 246 g/mol. The molecule has 20 heavy (non-hydrogen) atoms. The van der Waals surface area contributed by atoms with E-state index in [1.54, 1.807) is 0 Å². The van der Waals surface area contributed by atoms with Crippen LogP contribution < -0.4 is 10.6 Å². The number of benzene rings is 1. The molecule has 3 nitrogen and oxygen atoms in total. The van der Waals surface area contributed by atoms with Crippen LogP contribution in [0.2, 0.25) is 0 Å². The Morgan fingerprint density at radius 1 is 1.30 bits per heavy atom. The maximum atomic E-state index is 3.68. The standard InChI is InChI=1S/C17H29N3/c1-14(11-17-9-6-10-18-17)19-12-15-7-4-5-8-16(15)13-20(2)3/h4-5,7-8,14,17-19H,6,9-13H2,1-3H3. The number of hydrogen-bond donors (Lipinski definition) is 2. The minimum Gasteiger partial charge on any atom is -0.314 e. The third-order valence-corrected chi connectivity index (χ3v) is 4.05. The van der Waals surface area contributed by atoms with Crippen molar-refractivity contribution in [2.75, 3.05) is 20.6 Å². The Balaban J connectivity index is 1.83. The van der Waals surface area contributed by atoms with Crippen LogP contribution in [0, 0.1) is 0 Å². The van der Waals surface area contributed by atoms with E-state index in [4.69, 9.17) is 0 Å². The molecule has 0 radical (unpaired) electrons. The van der Waals surface area contributed by atoms with Crippen molar-refractivity contribution in [2.24, 2.45) is 0 Å². The molecule has 2 rings (SSSR count). The average Bonchev–Trinajstić information content (AvgIpc) is 2.90. The SMILES string of the molecule is CC(CC1CCCN1)NCc1ccccc1CN(C)C. The molecule has 1 aliphatic heterocycles. The Morgan fingerprint density at radius 3 is 2.70 bits per heavy atom. The monoisotopic (exact) mass is 275 g/mol. The van der Waals surface area contributed by atoms with Crippen molar-refractivity contribution >= 4 is 0 Å². The Kier molecular flexibility index (Phi) is 6.02. The van der Waals surface area contributed by atoms with Crippen molar-refractivity contribution in [3.63, 3.8) is 0 Å². The van der Waals surface area contributed by atoms with Crippen LogP contribution >= 0.6 is 0 Å². The summed E-state index contributed by atoms with van der Waals surface area (Å²) >= 11 is 0. The lowest BCUT2D eigenvalue weighted by atomic mass is 10.0. The highest BCUT2D eigenvalue weighted by molar-refractivity contribution is 5.26. The maximum absolute atomic E-state index is 3.68. The molecule has 1 fully saturated rings. The van der Waals surface area contributed by atoms with E-state index in [-0.39, 0.29) is 0 Å². The van der Waals surface area contributed by atoms with E-state index in [2.05, 4.69) is 60.8 Å². The molecule has 2 N–H and O–H groups in total. The summed E-state index contributed by atoms with van der Waals surface area (Å²) in [6.45, 7) is 5.48. The van der Waals surface area contributed by atoms with Crippen LogP contribution in [0.1, 0.15) is 37.3 Å². The first kappa shape index (κ1) is 15.5. The summed E-state index contributed by atoms with van der Waals surface area (Å²) in [6, 6.07) is 10.0. The van der Waals surface area contributed by atoms with Crippen molar-refractivity contribution in [1.29, 1.82) is 0 Å². The van der Waals surface area contributed by atoms with E-state index < -0.39 is 0 Å². The smallest absolute Gasteiger partial charge is 0.0230 e. The highest BCUT2D eigenvalue weighted by Crippen LogP contribution is 2.13. The van der Waals surface area contributed by atoms with Gasteiger partial charge in [-0.1, -0.05) is 24.3 Å². The molecule has 2 unspecified atom stereocenters. The second kappa shape index (κ2) is 7.77. The van der Waals surface area contributed by atoms with Crippen LogP contribution in [-0.4, -0.2) is 37.6 Å². The third kappa shape index (κ3) is 4.89. The number of hydrogen-bond acceptors (Lipinski definition) is 3. The summed E-state index contributed by atoms with van der Waals surface area (Å²) in [7, 11) is 4.25. The topological polar surface area (TPSA) is 27.3 Å².